The van der Waals surface area contributed by atoms with Gasteiger partial charge in [0.25, 0.3) is 0 Å². The zero-order valence-corrected chi connectivity index (χ0v) is 12.7. The molecule has 0 unspecified atom stereocenters. The third-order valence-electron chi connectivity index (χ3n) is 3.81. The molecule has 6 heteroatoms. The van der Waals surface area contributed by atoms with Gasteiger partial charge in [0.2, 0.25) is 0 Å². The summed E-state index contributed by atoms with van der Waals surface area (Å²) in [6.45, 7) is 5.44. The van der Waals surface area contributed by atoms with E-state index in [0.29, 0.717) is 6.54 Å². The van der Waals surface area contributed by atoms with E-state index in [2.05, 4.69) is 20.4 Å². The largest absolute Gasteiger partial charge is 0.372 e. The van der Waals surface area contributed by atoms with Crippen molar-refractivity contribution in [3.05, 3.63) is 41.2 Å². The van der Waals surface area contributed by atoms with Crippen LogP contribution in [0.25, 0.3) is 0 Å². The summed E-state index contributed by atoms with van der Waals surface area (Å²) in [6, 6.07) is 0.276. The van der Waals surface area contributed by atoms with Crippen molar-refractivity contribution in [1.29, 1.82) is 0 Å². The van der Waals surface area contributed by atoms with Gasteiger partial charge in [-0.25, -0.2) is 9.97 Å². The molecule has 1 saturated heterocycles. The van der Waals surface area contributed by atoms with Crippen LogP contribution in [0.2, 0.25) is 0 Å². The van der Waals surface area contributed by atoms with Gasteiger partial charge in [0.1, 0.15) is 11.9 Å². The lowest BCUT2D eigenvalue weighted by Gasteiger charge is -2.19. The van der Waals surface area contributed by atoms with Crippen LogP contribution in [0.1, 0.15) is 35.2 Å². The molecule has 3 rings (SSSR count). The van der Waals surface area contributed by atoms with Crippen molar-refractivity contribution in [1.82, 2.24) is 25.1 Å². The summed E-state index contributed by atoms with van der Waals surface area (Å²) in [5.74, 6) is 0.814. The second kappa shape index (κ2) is 5.91. The molecule has 112 valence electrons. The summed E-state index contributed by atoms with van der Waals surface area (Å²) >= 11 is 0. The summed E-state index contributed by atoms with van der Waals surface area (Å²) in [4.78, 5) is 8.66. The Morgan fingerprint density at radius 2 is 2.10 bits per heavy atom. The normalized spacial score (nSPS) is 21.9. The lowest BCUT2D eigenvalue weighted by molar-refractivity contribution is 0.0978. The van der Waals surface area contributed by atoms with E-state index in [4.69, 9.17) is 4.74 Å². The van der Waals surface area contributed by atoms with Gasteiger partial charge < -0.3 is 10.1 Å². The molecule has 0 radical (unpaired) electrons. The average molecular weight is 287 g/mol. The molecular weight excluding hydrogens is 266 g/mol. The Morgan fingerprint density at radius 3 is 2.76 bits per heavy atom. The predicted octanol–water partition coefficient (Wildman–Crippen LogP) is 1.45. The molecule has 3 heterocycles. The molecule has 1 aliphatic rings. The van der Waals surface area contributed by atoms with Gasteiger partial charge in [-0.3, -0.25) is 4.68 Å². The van der Waals surface area contributed by atoms with Crippen molar-refractivity contribution >= 4 is 0 Å². The average Bonchev–Trinajstić information content (AvgIpc) is 3.04. The Labute approximate surface area is 124 Å². The lowest BCUT2D eigenvalue weighted by Crippen LogP contribution is -2.32. The van der Waals surface area contributed by atoms with E-state index < -0.39 is 0 Å². The molecule has 0 aromatic carbocycles. The Balaban J connectivity index is 1.67. The third-order valence-corrected chi connectivity index (χ3v) is 3.81. The number of hydrogen-bond acceptors (Lipinski definition) is 5. The molecule has 2 aromatic heterocycles. The minimum Gasteiger partial charge on any atom is -0.372 e. The highest BCUT2D eigenvalue weighted by atomic mass is 16.5. The minimum absolute atomic E-state index is 0.0594. The number of nitrogens with one attached hydrogen (secondary N) is 1. The van der Waals surface area contributed by atoms with Gasteiger partial charge in [-0.15, -0.1) is 0 Å². The SMILES string of the molecule is Cc1cnc(CN[C@H]2CCO[C@@H]2c2cn(C)nc2C)nc1. The third kappa shape index (κ3) is 3.11. The number of aromatic nitrogens is 4. The highest BCUT2D eigenvalue weighted by molar-refractivity contribution is 5.21. The first-order chi connectivity index (χ1) is 10.1. The van der Waals surface area contributed by atoms with Gasteiger partial charge in [-0.05, 0) is 25.8 Å². The summed E-state index contributed by atoms with van der Waals surface area (Å²) in [5.41, 5.74) is 3.27. The molecule has 2 aromatic rings. The van der Waals surface area contributed by atoms with Crippen LogP contribution in [0, 0.1) is 13.8 Å². The second-order valence-electron chi connectivity index (χ2n) is 5.59. The van der Waals surface area contributed by atoms with Crippen molar-refractivity contribution in [2.24, 2.45) is 7.05 Å². The van der Waals surface area contributed by atoms with Crippen LogP contribution in [0.15, 0.2) is 18.6 Å². The first-order valence-electron chi connectivity index (χ1n) is 7.26. The van der Waals surface area contributed by atoms with Gasteiger partial charge in [-0.1, -0.05) is 0 Å². The highest BCUT2D eigenvalue weighted by Gasteiger charge is 2.31. The molecular formula is C15H21N5O. The van der Waals surface area contributed by atoms with Crippen LogP contribution < -0.4 is 5.32 Å². The maximum atomic E-state index is 5.90. The van der Waals surface area contributed by atoms with E-state index in [0.717, 1.165) is 35.7 Å². The zero-order chi connectivity index (χ0) is 14.8. The Morgan fingerprint density at radius 1 is 1.33 bits per heavy atom. The smallest absolute Gasteiger partial charge is 0.141 e. The van der Waals surface area contributed by atoms with Crippen LogP contribution in [-0.4, -0.2) is 32.4 Å². The van der Waals surface area contributed by atoms with Crippen LogP contribution >= 0.6 is 0 Å². The lowest BCUT2D eigenvalue weighted by atomic mass is 10.0. The number of hydrogen-bond donors (Lipinski definition) is 1. The van der Waals surface area contributed by atoms with Gasteiger partial charge in [0, 0.05) is 43.9 Å². The molecule has 21 heavy (non-hydrogen) atoms. The number of rotatable bonds is 4. The van der Waals surface area contributed by atoms with E-state index in [1.54, 1.807) is 0 Å². The van der Waals surface area contributed by atoms with Crippen molar-refractivity contribution in [2.75, 3.05) is 6.61 Å². The second-order valence-corrected chi connectivity index (χ2v) is 5.59. The van der Waals surface area contributed by atoms with E-state index in [9.17, 15) is 0 Å². The maximum Gasteiger partial charge on any atom is 0.141 e. The van der Waals surface area contributed by atoms with Gasteiger partial charge in [0.15, 0.2) is 0 Å². The molecule has 1 N–H and O–H groups in total. The van der Waals surface area contributed by atoms with Gasteiger partial charge >= 0.3 is 0 Å². The molecule has 1 aliphatic heterocycles. The minimum atomic E-state index is 0.0594. The molecule has 6 nitrogen and oxygen atoms in total. The quantitative estimate of drug-likeness (QED) is 0.922. The maximum absolute atomic E-state index is 5.90. The fourth-order valence-electron chi connectivity index (χ4n) is 2.74. The monoisotopic (exact) mass is 287 g/mol. The van der Waals surface area contributed by atoms with Crippen molar-refractivity contribution in [3.63, 3.8) is 0 Å². The summed E-state index contributed by atoms with van der Waals surface area (Å²) < 4.78 is 7.74. The summed E-state index contributed by atoms with van der Waals surface area (Å²) in [7, 11) is 1.94. The Hall–Kier alpha value is -1.79. The number of aryl methyl sites for hydroxylation is 3. The molecule has 0 bridgehead atoms. The van der Waals surface area contributed by atoms with Crippen molar-refractivity contribution in [3.8, 4) is 0 Å². The van der Waals surface area contributed by atoms with Crippen LogP contribution in [0.5, 0.6) is 0 Å². The summed E-state index contributed by atoms with van der Waals surface area (Å²) in [6.07, 6.45) is 6.78. The Bertz CT molecular complexity index is 607. The van der Waals surface area contributed by atoms with E-state index in [1.807, 2.05) is 44.2 Å². The molecule has 0 saturated carbocycles. The van der Waals surface area contributed by atoms with E-state index in [-0.39, 0.29) is 12.1 Å². The van der Waals surface area contributed by atoms with E-state index >= 15 is 0 Å². The standard InChI is InChI=1S/C15H21N5O/c1-10-6-17-14(18-7-10)8-16-13-4-5-21-15(13)12-9-20(3)19-11(12)2/h6-7,9,13,15-16H,4-5,8H2,1-3H3/t13-,15+/m0/s1. The first kappa shape index (κ1) is 14.2. The molecule has 2 atom stereocenters. The number of ether oxygens (including phenoxy) is 1. The fourth-order valence-corrected chi connectivity index (χ4v) is 2.74. The van der Waals surface area contributed by atoms with Crippen LogP contribution in [0.3, 0.4) is 0 Å². The van der Waals surface area contributed by atoms with Crippen molar-refractivity contribution < 1.29 is 4.74 Å². The number of nitrogens with zero attached hydrogens (tertiary/aromatic N) is 4. The molecule has 0 aliphatic carbocycles. The topological polar surface area (TPSA) is 64.9 Å². The van der Waals surface area contributed by atoms with E-state index in [1.165, 1.54) is 0 Å². The van der Waals surface area contributed by atoms with Crippen molar-refractivity contribution in [2.45, 2.75) is 39.0 Å². The Kier molecular flexibility index (Phi) is 3.98. The van der Waals surface area contributed by atoms with Gasteiger partial charge in [0.05, 0.1) is 12.2 Å². The summed E-state index contributed by atoms with van der Waals surface area (Å²) in [5, 5.41) is 7.92. The van der Waals surface area contributed by atoms with Crippen LogP contribution in [0.4, 0.5) is 0 Å². The molecule has 0 amide bonds. The predicted molar refractivity (Wildman–Crippen MR) is 78.7 cm³/mol. The molecule has 1 fully saturated rings. The first-order valence-corrected chi connectivity index (χ1v) is 7.26. The molecule has 0 spiro atoms. The van der Waals surface area contributed by atoms with Gasteiger partial charge in [-0.2, -0.15) is 5.10 Å². The highest BCUT2D eigenvalue weighted by Crippen LogP contribution is 2.30. The van der Waals surface area contributed by atoms with Crippen LogP contribution in [-0.2, 0) is 18.3 Å². The fraction of sp³-hybridized carbons (Fsp3) is 0.533. The zero-order valence-electron chi connectivity index (χ0n) is 12.7.